The summed E-state index contributed by atoms with van der Waals surface area (Å²) < 4.78 is 21.0. The van der Waals surface area contributed by atoms with Crippen LogP contribution in [0.2, 0.25) is 0 Å². The van der Waals surface area contributed by atoms with Crippen molar-refractivity contribution in [3.8, 4) is 29.0 Å². The van der Waals surface area contributed by atoms with E-state index in [4.69, 9.17) is 10.00 Å². The third-order valence-corrected chi connectivity index (χ3v) is 5.91. The first-order valence-corrected chi connectivity index (χ1v) is 9.49. The van der Waals surface area contributed by atoms with E-state index in [0.717, 1.165) is 19.3 Å². The summed E-state index contributed by atoms with van der Waals surface area (Å²) in [6.45, 7) is 4.04. The molecule has 3 heterocycles. The molecule has 1 aromatic heterocycles. The number of piperidine rings is 2. The van der Waals surface area contributed by atoms with Crippen LogP contribution in [-0.4, -0.2) is 38.7 Å². The summed E-state index contributed by atoms with van der Waals surface area (Å²) in [6.07, 6.45) is 1.65. The SMILES string of the molecule is C[C@]12CCC[C@](C)(N1)[C@H](F)[C@H](Oc1ccc(-c3ccc(C#N)cc3O)nn1)C2. The van der Waals surface area contributed by atoms with Crippen LogP contribution in [0, 0.1) is 11.3 Å². The second-order valence-electron chi connectivity index (χ2n) is 8.32. The number of aromatic hydroxyl groups is 1. The maximum atomic E-state index is 15.1. The maximum Gasteiger partial charge on any atom is 0.233 e. The minimum atomic E-state index is -1.13. The standard InChI is InChI=1S/C21H23FN4O2/c1-20-8-3-9-21(2,26-20)19(22)17(11-20)28-18-7-6-15(24-25-18)14-5-4-13(12-23)10-16(14)27/h4-7,10,17,19,26-27H,3,8-9,11H2,1-2H3/t17-,19-,20-,21+/m1/s1. The molecule has 0 saturated carbocycles. The first-order valence-electron chi connectivity index (χ1n) is 9.49. The smallest absolute Gasteiger partial charge is 0.233 e. The van der Waals surface area contributed by atoms with Crippen molar-refractivity contribution < 1.29 is 14.2 Å². The quantitative estimate of drug-likeness (QED) is 0.844. The molecule has 0 amide bonds. The van der Waals surface area contributed by atoms with Crippen molar-refractivity contribution in [3.05, 3.63) is 35.9 Å². The van der Waals surface area contributed by atoms with Crippen LogP contribution in [0.3, 0.4) is 0 Å². The number of phenols is 1. The van der Waals surface area contributed by atoms with E-state index in [9.17, 15) is 5.11 Å². The van der Waals surface area contributed by atoms with Crippen LogP contribution < -0.4 is 10.1 Å². The van der Waals surface area contributed by atoms with Gasteiger partial charge in [-0.2, -0.15) is 5.26 Å². The Morgan fingerprint density at radius 3 is 2.75 bits per heavy atom. The summed E-state index contributed by atoms with van der Waals surface area (Å²) in [4.78, 5) is 0. The molecule has 1 aromatic carbocycles. The number of halogens is 1. The zero-order chi connectivity index (χ0) is 19.9. The van der Waals surface area contributed by atoms with E-state index in [1.807, 2.05) is 13.0 Å². The van der Waals surface area contributed by atoms with E-state index in [1.165, 1.54) is 6.07 Å². The number of phenolic OH excluding ortho intramolecular Hbond substituents is 1. The third-order valence-electron chi connectivity index (χ3n) is 5.91. The first-order chi connectivity index (χ1) is 13.3. The zero-order valence-corrected chi connectivity index (χ0v) is 15.9. The van der Waals surface area contributed by atoms with Crippen molar-refractivity contribution >= 4 is 0 Å². The molecule has 2 N–H and O–H groups in total. The van der Waals surface area contributed by atoms with Gasteiger partial charge in [-0.25, -0.2) is 4.39 Å². The van der Waals surface area contributed by atoms with Crippen LogP contribution in [0.25, 0.3) is 11.3 Å². The maximum absolute atomic E-state index is 15.1. The monoisotopic (exact) mass is 382 g/mol. The molecule has 2 fully saturated rings. The van der Waals surface area contributed by atoms with Gasteiger partial charge in [-0.05, 0) is 57.4 Å². The average molecular weight is 382 g/mol. The molecular weight excluding hydrogens is 359 g/mol. The Morgan fingerprint density at radius 1 is 1.25 bits per heavy atom. The molecule has 7 heteroatoms. The molecule has 28 heavy (non-hydrogen) atoms. The predicted molar refractivity (Wildman–Crippen MR) is 102 cm³/mol. The molecule has 2 saturated heterocycles. The number of nitrogens with one attached hydrogen (secondary N) is 1. The summed E-state index contributed by atoms with van der Waals surface area (Å²) in [5.41, 5.74) is 0.561. The minimum Gasteiger partial charge on any atom is -0.507 e. The molecule has 2 aromatic rings. The highest BCUT2D eigenvalue weighted by Gasteiger charge is 2.53. The highest BCUT2D eigenvalue weighted by molar-refractivity contribution is 5.67. The van der Waals surface area contributed by atoms with Crippen LogP contribution in [0.5, 0.6) is 11.6 Å². The van der Waals surface area contributed by atoms with E-state index in [1.54, 1.807) is 24.3 Å². The van der Waals surface area contributed by atoms with Crippen LogP contribution in [0.1, 0.15) is 45.1 Å². The molecule has 0 unspecified atom stereocenters. The largest absolute Gasteiger partial charge is 0.507 e. The van der Waals surface area contributed by atoms with E-state index >= 15 is 4.39 Å². The number of aromatic nitrogens is 2. The predicted octanol–water partition coefficient (Wildman–Crippen LogP) is 3.50. The van der Waals surface area contributed by atoms with Crippen LogP contribution in [0.4, 0.5) is 4.39 Å². The van der Waals surface area contributed by atoms with Gasteiger partial charge in [-0.15, -0.1) is 10.2 Å². The van der Waals surface area contributed by atoms with Gasteiger partial charge in [-0.3, -0.25) is 0 Å². The fraction of sp³-hybridized carbons (Fsp3) is 0.476. The number of benzene rings is 1. The van der Waals surface area contributed by atoms with E-state index < -0.39 is 17.8 Å². The lowest BCUT2D eigenvalue weighted by Gasteiger charge is -2.54. The van der Waals surface area contributed by atoms with E-state index in [-0.39, 0.29) is 17.2 Å². The lowest BCUT2D eigenvalue weighted by atomic mass is 9.69. The average Bonchev–Trinajstić information content (AvgIpc) is 2.66. The number of fused-ring (bicyclic) bond motifs is 2. The van der Waals surface area contributed by atoms with Gasteiger partial charge in [0.2, 0.25) is 5.88 Å². The number of ether oxygens (including phenoxy) is 1. The van der Waals surface area contributed by atoms with Crippen molar-refractivity contribution in [1.29, 1.82) is 5.26 Å². The molecule has 0 spiro atoms. The summed E-state index contributed by atoms with van der Waals surface area (Å²) in [5, 5.41) is 30.6. The Bertz CT molecular complexity index is 929. The molecule has 4 rings (SSSR count). The number of nitrogens with zero attached hydrogens (tertiary/aromatic N) is 3. The Hall–Kier alpha value is -2.72. The van der Waals surface area contributed by atoms with Crippen LogP contribution >= 0.6 is 0 Å². The third kappa shape index (κ3) is 3.29. The Labute approximate surface area is 163 Å². The fourth-order valence-corrected chi connectivity index (χ4v) is 4.58. The fourth-order valence-electron chi connectivity index (χ4n) is 4.58. The molecule has 0 radical (unpaired) electrons. The normalized spacial score (nSPS) is 31.8. The van der Waals surface area contributed by atoms with Crippen molar-refractivity contribution in [1.82, 2.24) is 15.5 Å². The van der Waals surface area contributed by atoms with Crippen LogP contribution in [0.15, 0.2) is 30.3 Å². The molecule has 146 valence electrons. The number of rotatable bonds is 3. The molecule has 0 aliphatic carbocycles. The summed E-state index contributed by atoms with van der Waals surface area (Å²) in [7, 11) is 0. The van der Waals surface area contributed by atoms with Gasteiger partial charge in [0.05, 0.1) is 22.9 Å². The van der Waals surface area contributed by atoms with E-state index in [2.05, 4.69) is 22.4 Å². The second kappa shape index (κ2) is 6.71. The summed E-state index contributed by atoms with van der Waals surface area (Å²) in [5.74, 6) is 0.217. The van der Waals surface area contributed by atoms with E-state index in [0.29, 0.717) is 23.2 Å². The van der Waals surface area contributed by atoms with Crippen molar-refractivity contribution in [2.75, 3.05) is 0 Å². The Balaban J connectivity index is 1.53. The van der Waals surface area contributed by atoms with Gasteiger partial charge < -0.3 is 15.2 Å². The Morgan fingerprint density at radius 2 is 2.07 bits per heavy atom. The topological polar surface area (TPSA) is 91.1 Å². The molecule has 2 aliphatic heterocycles. The minimum absolute atomic E-state index is 0.0436. The first kappa shape index (κ1) is 18.6. The summed E-state index contributed by atoms with van der Waals surface area (Å²) >= 11 is 0. The Kier molecular flexibility index (Phi) is 4.47. The molecular formula is C21H23FN4O2. The second-order valence-corrected chi connectivity index (χ2v) is 8.32. The summed E-state index contributed by atoms with van der Waals surface area (Å²) in [6, 6.07) is 9.87. The number of hydrogen-bond acceptors (Lipinski definition) is 6. The molecule has 6 nitrogen and oxygen atoms in total. The van der Waals surface area contributed by atoms with Gasteiger partial charge in [0.15, 0.2) is 6.17 Å². The van der Waals surface area contributed by atoms with Gasteiger partial charge in [0, 0.05) is 23.6 Å². The van der Waals surface area contributed by atoms with Gasteiger partial charge in [0.25, 0.3) is 0 Å². The molecule has 4 atom stereocenters. The molecule has 2 bridgehead atoms. The number of alkyl halides is 1. The highest BCUT2D eigenvalue weighted by Crippen LogP contribution is 2.42. The number of nitriles is 1. The lowest BCUT2D eigenvalue weighted by molar-refractivity contribution is -0.0626. The lowest BCUT2D eigenvalue weighted by Crippen LogP contribution is -2.71. The van der Waals surface area contributed by atoms with Crippen molar-refractivity contribution in [3.63, 3.8) is 0 Å². The van der Waals surface area contributed by atoms with Gasteiger partial charge in [-0.1, -0.05) is 0 Å². The van der Waals surface area contributed by atoms with Crippen LogP contribution in [-0.2, 0) is 0 Å². The molecule has 2 aliphatic rings. The van der Waals surface area contributed by atoms with Gasteiger partial charge >= 0.3 is 0 Å². The van der Waals surface area contributed by atoms with Crippen molar-refractivity contribution in [2.24, 2.45) is 0 Å². The zero-order valence-electron chi connectivity index (χ0n) is 15.9. The van der Waals surface area contributed by atoms with Gasteiger partial charge in [0.1, 0.15) is 11.9 Å². The van der Waals surface area contributed by atoms with Crippen molar-refractivity contribution in [2.45, 2.75) is 62.9 Å². The number of hydrogen-bond donors (Lipinski definition) is 2. The highest BCUT2D eigenvalue weighted by atomic mass is 19.1.